The van der Waals surface area contributed by atoms with E-state index in [9.17, 15) is 4.79 Å². The Bertz CT molecular complexity index is 1480. The number of para-hydroxylation sites is 1. The highest BCUT2D eigenvalue weighted by Gasteiger charge is 2.21. The highest BCUT2D eigenvalue weighted by Crippen LogP contribution is 2.32. The number of aromatic nitrogens is 5. The zero-order chi connectivity index (χ0) is 22.2. The molecule has 0 spiro atoms. The van der Waals surface area contributed by atoms with Gasteiger partial charge in [0.15, 0.2) is 5.65 Å². The van der Waals surface area contributed by atoms with Gasteiger partial charge in [-0.15, -0.1) is 11.3 Å². The van der Waals surface area contributed by atoms with Crippen molar-refractivity contribution in [2.75, 3.05) is 7.11 Å². The Balaban J connectivity index is 1.81. The van der Waals surface area contributed by atoms with Crippen LogP contribution in [0.2, 0.25) is 5.02 Å². The van der Waals surface area contributed by atoms with Crippen molar-refractivity contribution in [3.63, 3.8) is 0 Å². The normalized spacial score (nSPS) is 11.1. The average molecular weight is 462 g/mol. The summed E-state index contributed by atoms with van der Waals surface area (Å²) in [6.45, 7) is 1.92. The third kappa shape index (κ3) is 3.43. The van der Waals surface area contributed by atoms with Gasteiger partial charge >= 0.3 is 6.01 Å². The smallest absolute Gasteiger partial charge is 0.316 e. The van der Waals surface area contributed by atoms with Gasteiger partial charge in [-0.25, -0.2) is 19.9 Å². The molecule has 7 nitrogen and oxygen atoms in total. The lowest BCUT2D eigenvalue weighted by atomic mass is 10.1. The first-order valence-corrected chi connectivity index (χ1v) is 10.9. The van der Waals surface area contributed by atoms with Crippen LogP contribution in [-0.4, -0.2) is 31.6 Å². The molecule has 0 aliphatic heterocycles. The van der Waals surface area contributed by atoms with Crippen molar-refractivity contribution in [2.45, 2.75) is 6.92 Å². The van der Waals surface area contributed by atoms with Crippen LogP contribution in [0.4, 0.5) is 0 Å². The molecular formula is C23H16ClN5O2S. The summed E-state index contributed by atoms with van der Waals surface area (Å²) >= 11 is 7.79. The van der Waals surface area contributed by atoms with E-state index in [0.29, 0.717) is 37.5 Å². The van der Waals surface area contributed by atoms with E-state index in [2.05, 4.69) is 15.0 Å². The minimum absolute atomic E-state index is 0.233. The molecule has 0 saturated carbocycles. The number of rotatable bonds is 4. The highest BCUT2D eigenvalue weighted by atomic mass is 35.5. The topological polar surface area (TPSA) is 82.8 Å². The predicted octanol–water partition coefficient (Wildman–Crippen LogP) is 4.94. The first-order chi connectivity index (χ1) is 15.6. The Morgan fingerprint density at radius 1 is 0.969 bits per heavy atom. The summed E-state index contributed by atoms with van der Waals surface area (Å²) in [6, 6.07) is 15.3. The molecule has 0 atom stereocenters. The lowest BCUT2D eigenvalue weighted by Crippen LogP contribution is -2.22. The van der Waals surface area contributed by atoms with E-state index in [1.165, 1.54) is 18.4 Å². The minimum Gasteiger partial charge on any atom is -0.467 e. The lowest BCUT2D eigenvalue weighted by Gasteiger charge is -2.15. The molecule has 0 aliphatic rings. The molecule has 0 unspecified atom stereocenters. The lowest BCUT2D eigenvalue weighted by molar-refractivity contribution is 0.380. The van der Waals surface area contributed by atoms with Gasteiger partial charge in [-0.1, -0.05) is 54.1 Å². The third-order valence-corrected chi connectivity index (χ3v) is 6.32. The van der Waals surface area contributed by atoms with Crippen LogP contribution in [0.5, 0.6) is 6.01 Å². The second-order valence-electron chi connectivity index (χ2n) is 6.98. The van der Waals surface area contributed by atoms with Gasteiger partial charge in [-0.3, -0.25) is 9.36 Å². The summed E-state index contributed by atoms with van der Waals surface area (Å²) < 4.78 is 7.01. The monoisotopic (exact) mass is 461 g/mol. The number of methoxy groups -OCH3 is 1. The third-order valence-electron chi connectivity index (χ3n) is 4.93. The fraction of sp³-hybridized carbons (Fsp3) is 0.0870. The van der Waals surface area contributed by atoms with Gasteiger partial charge in [0.2, 0.25) is 0 Å². The number of hydrogen-bond donors (Lipinski definition) is 0. The molecular weight excluding hydrogens is 446 g/mol. The molecule has 0 N–H and O–H groups in total. The Kier molecular flexibility index (Phi) is 5.16. The summed E-state index contributed by atoms with van der Waals surface area (Å²) in [5, 5.41) is 1.07. The highest BCUT2D eigenvalue weighted by molar-refractivity contribution is 7.21. The molecule has 0 radical (unpaired) electrons. The fourth-order valence-corrected chi connectivity index (χ4v) is 4.64. The number of nitrogens with zero attached hydrogens (tertiary/aromatic N) is 5. The Morgan fingerprint density at radius 2 is 1.72 bits per heavy atom. The van der Waals surface area contributed by atoms with Gasteiger partial charge < -0.3 is 4.74 Å². The van der Waals surface area contributed by atoms with E-state index in [0.717, 1.165) is 11.1 Å². The summed E-state index contributed by atoms with van der Waals surface area (Å²) in [4.78, 5) is 31.4. The predicted molar refractivity (Wildman–Crippen MR) is 126 cm³/mol. The van der Waals surface area contributed by atoms with Crippen LogP contribution in [0.3, 0.4) is 0 Å². The molecule has 0 bridgehead atoms. The molecule has 3 aromatic heterocycles. The maximum atomic E-state index is 13.8. The molecule has 3 heterocycles. The molecule has 158 valence electrons. The van der Waals surface area contributed by atoms with Crippen molar-refractivity contribution in [2.24, 2.45) is 0 Å². The molecule has 0 fully saturated rings. The molecule has 0 amide bonds. The number of benzene rings is 2. The van der Waals surface area contributed by atoms with E-state index in [4.69, 9.17) is 21.3 Å². The van der Waals surface area contributed by atoms with Crippen molar-refractivity contribution in [3.8, 4) is 33.7 Å². The number of fused-ring (bicyclic) bond motifs is 1. The Hall–Kier alpha value is -3.62. The van der Waals surface area contributed by atoms with Crippen LogP contribution in [-0.2, 0) is 0 Å². The molecule has 5 aromatic rings. The van der Waals surface area contributed by atoms with E-state index >= 15 is 0 Å². The number of aryl methyl sites for hydroxylation is 1. The van der Waals surface area contributed by atoms with Crippen LogP contribution in [0, 0.1) is 6.92 Å². The largest absolute Gasteiger partial charge is 0.467 e. The fourth-order valence-electron chi connectivity index (χ4n) is 3.43. The van der Waals surface area contributed by atoms with E-state index in [1.54, 1.807) is 23.0 Å². The second kappa shape index (κ2) is 8.14. The number of thiazole rings is 1. The second-order valence-corrected chi connectivity index (χ2v) is 8.38. The quantitative estimate of drug-likeness (QED) is 0.377. The molecule has 9 heteroatoms. The van der Waals surface area contributed by atoms with Crippen LogP contribution in [0.15, 0.2) is 65.7 Å². The van der Waals surface area contributed by atoms with Gasteiger partial charge in [0.1, 0.15) is 15.5 Å². The van der Waals surface area contributed by atoms with Crippen molar-refractivity contribution in [1.82, 2.24) is 24.5 Å². The zero-order valence-corrected chi connectivity index (χ0v) is 18.7. The van der Waals surface area contributed by atoms with Gasteiger partial charge in [0, 0.05) is 23.5 Å². The van der Waals surface area contributed by atoms with Gasteiger partial charge in [-0.2, -0.15) is 0 Å². The maximum absolute atomic E-state index is 13.8. The first kappa shape index (κ1) is 20.3. The van der Waals surface area contributed by atoms with Gasteiger partial charge in [0.25, 0.3) is 5.56 Å². The molecule has 0 saturated heterocycles. The molecule has 32 heavy (non-hydrogen) atoms. The Labute approximate surface area is 192 Å². The number of halogens is 1. The number of ether oxygens (including phenoxy) is 1. The van der Waals surface area contributed by atoms with Crippen molar-refractivity contribution in [3.05, 3.63) is 81.9 Å². The van der Waals surface area contributed by atoms with Crippen LogP contribution >= 0.6 is 22.9 Å². The summed E-state index contributed by atoms with van der Waals surface area (Å²) in [5.74, 6) is 0.474. The zero-order valence-electron chi connectivity index (χ0n) is 17.1. The summed E-state index contributed by atoms with van der Waals surface area (Å²) in [7, 11) is 1.50. The van der Waals surface area contributed by atoms with E-state index in [-0.39, 0.29) is 11.6 Å². The Morgan fingerprint density at radius 3 is 2.41 bits per heavy atom. The van der Waals surface area contributed by atoms with Crippen molar-refractivity contribution < 1.29 is 4.74 Å². The molecule has 2 aromatic carbocycles. The number of hydrogen-bond acceptors (Lipinski definition) is 7. The van der Waals surface area contributed by atoms with Gasteiger partial charge in [-0.05, 0) is 18.6 Å². The van der Waals surface area contributed by atoms with Crippen LogP contribution < -0.4 is 10.3 Å². The standard InChI is InChI=1S/C23H16ClN5O2S/c1-13-7-6-10-16(24)17(13)29-20(14-8-4-3-5-9-14)27-19-18(22(29)30)32-21(28-19)15-11-25-23(31-2)26-12-15/h3-12H,1-2H3. The SMILES string of the molecule is COc1ncc(-c2nc3nc(-c4ccccc4)n(-c4c(C)cccc4Cl)c(=O)c3s2)cn1. The van der Waals surface area contributed by atoms with E-state index < -0.39 is 0 Å². The average Bonchev–Trinajstić information content (AvgIpc) is 3.25. The minimum atomic E-state index is -0.233. The van der Waals surface area contributed by atoms with Gasteiger partial charge in [0.05, 0.1) is 17.8 Å². The van der Waals surface area contributed by atoms with Crippen molar-refractivity contribution >= 4 is 33.3 Å². The first-order valence-electron chi connectivity index (χ1n) is 9.67. The molecule has 5 rings (SSSR count). The van der Waals surface area contributed by atoms with Crippen molar-refractivity contribution in [1.29, 1.82) is 0 Å². The van der Waals surface area contributed by atoms with Crippen LogP contribution in [0.1, 0.15) is 5.56 Å². The molecule has 0 aliphatic carbocycles. The van der Waals surface area contributed by atoms with Crippen LogP contribution in [0.25, 0.3) is 38.0 Å². The maximum Gasteiger partial charge on any atom is 0.316 e. The summed E-state index contributed by atoms with van der Waals surface area (Å²) in [6.07, 6.45) is 3.22. The summed E-state index contributed by atoms with van der Waals surface area (Å²) in [5.41, 5.74) is 3.07. The van der Waals surface area contributed by atoms with E-state index in [1.807, 2.05) is 49.4 Å².